The minimum Gasteiger partial charge on any atom is -0.492 e. The van der Waals surface area contributed by atoms with Crippen molar-refractivity contribution in [2.45, 2.75) is 11.8 Å². The number of piperazine rings is 1. The molecule has 8 heteroatoms. The van der Waals surface area contributed by atoms with Crippen LogP contribution in [-0.4, -0.2) is 58.6 Å². The molecular weight excluding hydrogens is 450 g/mol. The molecule has 34 heavy (non-hydrogen) atoms. The number of benzene rings is 3. The van der Waals surface area contributed by atoms with Gasteiger partial charge in [-0.05, 0) is 43.3 Å². The van der Waals surface area contributed by atoms with E-state index in [0.717, 1.165) is 5.69 Å². The fourth-order valence-electron chi connectivity index (χ4n) is 4.04. The van der Waals surface area contributed by atoms with Crippen LogP contribution in [-0.2, 0) is 14.8 Å². The summed E-state index contributed by atoms with van der Waals surface area (Å²) in [5, 5.41) is 0. The van der Waals surface area contributed by atoms with E-state index in [2.05, 4.69) is 17.0 Å². The lowest BCUT2D eigenvalue weighted by atomic mass is 10.2. The average molecular weight is 480 g/mol. The second-order valence-corrected chi connectivity index (χ2v) is 9.79. The van der Waals surface area contributed by atoms with Gasteiger partial charge >= 0.3 is 0 Å². The van der Waals surface area contributed by atoms with E-state index in [1.165, 1.54) is 16.4 Å². The summed E-state index contributed by atoms with van der Waals surface area (Å²) in [4.78, 5) is 17.4. The molecule has 0 saturated carbocycles. The molecule has 0 atom stereocenters. The molecule has 7 nitrogen and oxygen atoms in total. The summed E-state index contributed by atoms with van der Waals surface area (Å²) < 4.78 is 34.1. The molecule has 0 N–H and O–H groups in total. The minimum absolute atomic E-state index is 0.128. The zero-order chi connectivity index (χ0) is 24.0. The number of anilines is 2. The van der Waals surface area contributed by atoms with Gasteiger partial charge in [0.1, 0.15) is 12.3 Å². The first kappa shape index (κ1) is 23.6. The molecule has 4 rings (SSSR count). The quantitative estimate of drug-likeness (QED) is 0.494. The predicted octanol–water partition coefficient (Wildman–Crippen LogP) is 3.63. The maximum absolute atomic E-state index is 13.6. The van der Waals surface area contributed by atoms with Gasteiger partial charge in [-0.1, -0.05) is 48.5 Å². The molecule has 0 spiro atoms. The van der Waals surface area contributed by atoms with Crippen molar-refractivity contribution < 1.29 is 17.9 Å². The lowest BCUT2D eigenvalue weighted by Gasteiger charge is -2.37. The highest BCUT2D eigenvalue weighted by Gasteiger charge is 2.31. The number of ether oxygens (including phenoxy) is 1. The van der Waals surface area contributed by atoms with E-state index >= 15 is 0 Å². The Morgan fingerprint density at radius 1 is 0.853 bits per heavy atom. The monoisotopic (exact) mass is 479 g/mol. The SMILES string of the molecule is CCOc1ccccc1N(CC(=O)N1CCN(c2ccccc2)CC1)S(=O)(=O)c1ccccc1. The lowest BCUT2D eigenvalue weighted by molar-refractivity contribution is -0.129. The summed E-state index contributed by atoms with van der Waals surface area (Å²) in [6.45, 7) is 4.36. The van der Waals surface area contributed by atoms with E-state index < -0.39 is 10.0 Å². The van der Waals surface area contributed by atoms with Crippen molar-refractivity contribution in [3.8, 4) is 5.75 Å². The van der Waals surface area contributed by atoms with Gasteiger partial charge in [-0.2, -0.15) is 0 Å². The van der Waals surface area contributed by atoms with Gasteiger partial charge in [0, 0.05) is 31.9 Å². The van der Waals surface area contributed by atoms with Gasteiger partial charge in [-0.3, -0.25) is 9.10 Å². The summed E-state index contributed by atoms with van der Waals surface area (Å²) >= 11 is 0. The number of hydrogen-bond donors (Lipinski definition) is 0. The van der Waals surface area contributed by atoms with E-state index in [1.807, 2.05) is 25.1 Å². The number of carbonyl (C=O) groups is 1. The Bertz CT molecular complexity index is 1190. The van der Waals surface area contributed by atoms with Crippen molar-refractivity contribution in [3.05, 3.63) is 84.9 Å². The second-order valence-electron chi connectivity index (χ2n) is 7.93. The number of para-hydroxylation sites is 3. The maximum Gasteiger partial charge on any atom is 0.264 e. The van der Waals surface area contributed by atoms with Crippen molar-refractivity contribution in [3.63, 3.8) is 0 Å². The van der Waals surface area contributed by atoms with Crippen LogP contribution in [0.3, 0.4) is 0 Å². The first-order valence-corrected chi connectivity index (χ1v) is 12.8. The Morgan fingerprint density at radius 3 is 2.09 bits per heavy atom. The number of sulfonamides is 1. The van der Waals surface area contributed by atoms with Crippen molar-refractivity contribution >= 4 is 27.3 Å². The van der Waals surface area contributed by atoms with Gasteiger partial charge in [0.05, 0.1) is 17.2 Å². The molecule has 1 heterocycles. The Hall–Kier alpha value is -3.52. The standard InChI is InChI=1S/C26H29N3O4S/c1-2-33-25-16-10-9-15-24(25)29(34(31,32)23-13-7-4-8-14-23)21-26(30)28-19-17-27(18-20-28)22-11-5-3-6-12-22/h3-16H,2,17-21H2,1H3. The Morgan fingerprint density at radius 2 is 1.44 bits per heavy atom. The van der Waals surface area contributed by atoms with Crippen LogP contribution in [0.2, 0.25) is 0 Å². The molecule has 1 aliphatic heterocycles. The van der Waals surface area contributed by atoms with Gasteiger partial charge in [-0.15, -0.1) is 0 Å². The van der Waals surface area contributed by atoms with E-state index in [9.17, 15) is 13.2 Å². The summed E-state index contributed by atoms with van der Waals surface area (Å²) in [5.41, 5.74) is 1.47. The molecule has 1 amide bonds. The van der Waals surface area contributed by atoms with Crippen LogP contribution in [0.15, 0.2) is 89.8 Å². The van der Waals surface area contributed by atoms with Crippen LogP contribution in [0, 0.1) is 0 Å². The van der Waals surface area contributed by atoms with Gasteiger partial charge in [0.25, 0.3) is 10.0 Å². The van der Waals surface area contributed by atoms with Crippen LogP contribution in [0.25, 0.3) is 0 Å². The number of carbonyl (C=O) groups excluding carboxylic acids is 1. The van der Waals surface area contributed by atoms with Crippen LogP contribution in [0.4, 0.5) is 11.4 Å². The highest BCUT2D eigenvalue weighted by atomic mass is 32.2. The fourth-order valence-corrected chi connectivity index (χ4v) is 5.48. The zero-order valence-corrected chi connectivity index (χ0v) is 20.0. The summed E-state index contributed by atoms with van der Waals surface area (Å²) in [5.74, 6) is 0.185. The summed E-state index contributed by atoms with van der Waals surface area (Å²) in [6, 6.07) is 25.2. The number of rotatable bonds is 8. The molecule has 1 aliphatic rings. The topological polar surface area (TPSA) is 70.2 Å². The molecular formula is C26H29N3O4S. The number of nitrogens with zero attached hydrogens (tertiary/aromatic N) is 3. The van der Waals surface area contributed by atoms with Crippen molar-refractivity contribution in [2.24, 2.45) is 0 Å². The number of hydrogen-bond acceptors (Lipinski definition) is 5. The molecule has 0 bridgehead atoms. The third kappa shape index (κ3) is 5.17. The lowest BCUT2D eigenvalue weighted by Crippen LogP contribution is -2.52. The van der Waals surface area contributed by atoms with Crippen LogP contribution < -0.4 is 13.9 Å². The second kappa shape index (κ2) is 10.6. The highest BCUT2D eigenvalue weighted by Crippen LogP contribution is 2.32. The molecule has 1 saturated heterocycles. The molecule has 178 valence electrons. The van der Waals surface area contributed by atoms with Crippen molar-refractivity contribution in [2.75, 3.05) is 48.5 Å². The van der Waals surface area contributed by atoms with E-state index in [4.69, 9.17) is 4.74 Å². The van der Waals surface area contributed by atoms with Gasteiger partial charge < -0.3 is 14.5 Å². The molecule has 3 aromatic carbocycles. The largest absolute Gasteiger partial charge is 0.492 e. The van der Waals surface area contributed by atoms with Crippen LogP contribution >= 0.6 is 0 Å². The molecule has 0 aromatic heterocycles. The Labute approximate surface area is 201 Å². The maximum atomic E-state index is 13.6. The third-order valence-corrected chi connectivity index (χ3v) is 7.57. The van der Waals surface area contributed by atoms with Crippen LogP contribution in [0.5, 0.6) is 5.75 Å². The normalized spacial score (nSPS) is 14.0. The first-order valence-electron chi connectivity index (χ1n) is 11.4. The molecule has 0 aliphatic carbocycles. The van der Waals surface area contributed by atoms with E-state index in [0.29, 0.717) is 44.2 Å². The Balaban J connectivity index is 1.57. The smallest absolute Gasteiger partial charge is 0.264 e. The van der Waals surface area contributed by atoms with Gasteiger partial charge in [-0.25, -0.2) is 8.42 Å². The Kier molecular flexibility index (Phi) is 7.37. The van der Waals surface area contributed by atoms with Crippen molar-refractivity contribution in [1.82, 2.24) is 4.90 Å². The minimum atomic E-state index is -3.99. The van der Waals surface area contributed by atoms with E-state index in [-0.39, 0.29) is 17.3 Å². The van der Waals surface area contributed by atoms with E-state index in [1.54, 1.807) is 47.4 Å². The van der Waals surface area contributed by atoms with Crippen LogP contribution in [0.1, 0.15) is 6.92 Å². The van der Waals surface area contributed by atoms with Gasteiger partial charge in [0.2, 0.25) is 5.91 Å². The molecule has 3 aromatic rings. The summed E-state index contributed by atoms with van der Waals surface area (Å²) in [6.07, 6.45) is 0. The fraction of sp³-hybridized carbons (Fsp3) is 0.269. The number of amides is 1. The first-order chi connectivity index (χ1) is 16.5. The van der Waals surface area contributed by atoms with Gasteiger partial charge in [0.15, 0.2) is 0 Å². The molecule has 0 unspecified atom stereocenters. The average Bonchev–Trinajstić information content (AvgIpc) is 2.89. The predicted molar refractivity (Wildman–Crippen MR) is 134 cm³/mol. The molecule has 1 fully saturated rings. The summed E-state index contributed by atoms with van der Waals surface area (Å²) in [7, 11) is -3.99. The zero-order valence-electron chi connectivity index (χ0n) is 19.2. The molecule has 0 radical (unpaired) electrons. The van der Waals surface area contributed by atoms with Crippen molar-refractivity contribution in [1.29, 1.82) is 0 Å². The highest BCUT2D eigenvalue weighted by molar-refractivity contribution is 7.92. The third-order valence-electron chi connectivity index (χ3n) is 5.80.